The number of carboxylic acid groups (broad SMARTS) is 1. The summed E-state index contributed by atoms with van der Waals surface area (Å²) in [5.41, 5.74) is 2.37. The van der Waals surface area contributed by atoms with Crippen LogP contribution in [0, 0.1) is 6.92 Å². The summed E-state index contributed by atoms with van der Waals surface area (Å²) in [4.78, 5) is 10.8. The molecule has 3 aromatic rings. The molecular formula is C12H9N3O3. The monoisotopic (exact) mass is 243 g/mol. The molecule has 0 fully saturated rings. The topological polar surface area (TPSA) is 92.0 Å². The molecule has 0 saturated carbocycles. The second-order valence-electron chi connectivity index (χ2n) is 3.93. The van der Waals surface area contributed by atoms with Gasteiger partial charge in [-0.15, -0.1) is 0 Å². The first kappa shape index (κ1) is 10.5. The number of nitrogens with zero attached hydrogens (tertiary/aromatic N) is 2. The van der Waals surface area contributed by atoms with Crippen LogP contribution >= 0.6 is 0 Å². The molecule has 3 rings (SSSR count). The predicted octanol–water partition coefficient (Wildman–Crippen LogP) is 2.22. The number of hydrogen-bond donors (Lipinski definition) is 2. The first-order valence-corrected chi connectivity index (χ1v) is 5.31. The molecule has 6 heteroatoms. The van der Waals surface area contributed by atoms with E-state index in [2.05, 4.69) is 15.4 Å². The van der Waals surface area contributed by atoms with Crippen molar-refractivity contribution in [3.8, 4) is 11.3 Å². The van der Waals surface area contributed by atoms with Crippen molar-refractivity contribution in [2.24, 2.45) is 0 Å². The highest BCUT2D eigenvalue weighted by Gasteiger charge is 2.15. The Morgan fingerprint density at radius 2 is 2.28 bits per heavy atom. The summed E-state index contributed by atoms with van der Waals surface area (Å²) in [6, 6.07) is 6.96. The summed E-state index contributed by atoms with van der Waals surface area (Å²) in [7, 11) is 0. The van der Waals surface area contributed by atoms with Gasteiger partial charge in [0.15, 0.2) is 11.5 Å². The number of rotatable bonds is 2. The van der Waals surface area contributed by atoms with E-state index < -0.39 is 5.97 Å². The van der Waals surface area contributed by atoms with Crippen LogP contribution in [-0.4, -0.2) is 26.4 Å². The average Bonchev–Trinajstić information content (AvgIpc) is 2.96. The van der Waals surface area contributed by atoms with Gasteiger partial charge in [0, 0.05) is 22.7 Å². The van der Waals surface area contributed by atoms with Crippen molar-refractivity contribution in [1.82, 2.24) is 15.4 Å². The molecule has 6 nitrogen and oxygen atoms in total. The van der Waals surface area contributed by atoms with Gasteiger partial charge in [-0.05, 0) is 13.0 Å². The van der Waals surface area contributed by atoms with Crippen molar-refractivity contribution in [3.05, 3.63) is 35.7 Å². The first-order chi connectivity index (χ1) is 8.66. The zero-order chi connectivity index (χ0) is 12.7. The molecule has 0 aliphatic heterocycles. The molecule has 18 heavy (non-hydrogen) atoms. The molecule has 0 atom stereocenters. The molecule has 0 saturated heterocycles. The Labute approximate surface area is 101 Å². The highest BCUT2D eigenvalue weighted by atomic mass is 16.5. The summed E-state index contributed by atoms with van der Waals surface area (Å²) >= 11 is 0. The fourth-order valence-corrected chi connectivity index (χ4v) is 1.94. The average molecular weight is 243 g/mol. The molecule has 0 bridgehead atoms. The summed E-state index contributed by atoms with van der Waals surface area (Å²) in [6.07, 6.45) is 0. The van der Waals surface area contributed by atoms with Crippen molar-refractivity contribution in [2.45, 2.75) is 6.92 Å². The molecule has 0 aliphatic rings. The zero-order valence-electron chi connectivity index (χ0n) is 9.47. The third-order valence-electron chi connectivity index (χ3n) is 2.76. The Balaban J connectivity index is 2.24. The van der Waals surface area contributed by atoms with E-state index in [1.807, 2.05) is 25.1 Å². The van der Waals surface area contributed by atoms with E-state index in [0.29, 0.717) is 5.76 Å². The Bertz CT molecular complexity index is 742. The number of benzene rings is 1. The maximum atomic E-state index is 10.8. The molecule has 2 heterocycles. The largest absolute Gasteiger partial charge is 0.476 e. The number of aromatic amines is 1. The summed E-state index contributed by atoms with van der Waals surface area (Å²) in [5.74, 6) is -0.691. The lowest BCUT2D eigenvalue weighted by atomic mass is 10.1. The predicted molar refractivity (Wildman–Crippen MR) is 63.3 cm³/mol. The quantitative estimate of drug-likeness (QED) is 0.720. The molecule has 2 N–H and O–H groups in total. The lowest BCUT2D eigenvalue weighted by molar-refractivity contribution is 0.0686. The van der Waals surface area contributed by atoms with Crippen LogP contribution in [0.3, 0.4) is 0 Å². The molecule has 0 radical (unpaired) electrons. The smallest absolute Gasteiger partial charge is 0.358 e. The molecular weight excluding hydrogens is 234 g/mol. The standard InChI is InChI=1S/C12H9N3O3/c1-6-11-7(3-2-4-8(11)14-13-6)10-5-9(12(16)17)15-18-10/h2-5H,1H3,(H,13,14)(H,16,17). The van der Waals surface area contributed by atoms with E-state index in [1.54, 1.807) is 0 Å². The minimum absolute atomic E-state index is 0.108. The van der Waals surface area contributed by atoms with Crippen LogP contribution in [0.15, 0.2) is 28.8 Å². The van der Waals surface area contributed by atoms with E-state index in [9.17, 15) is 4.79 Å². The van der Waals surface area contributed by atoms with Crippen LogP contribution in [0.1, 0.15) is 16.2 Å². The van der Waals surface area contributed by atoms with Gasteiger partial charge in [-0.2, -0.15) is 5.10 Å². The van der Waals surface area contributed by atoms with Crippen LogP contribution in [0.25, 0.3) is 22.2 Å². The van der Waals surface area contributed by atoms with E-state index in [0.717, 1.165) is 22.2 Å². The summed E-state index contributed by atoms with van der Waals surface area (Å²) < 4.78 is 5.07. The van der Waals surface area contributed by atoms with E-state index in [4.69, 9.17) is 9.63 Å². The van der Waals surface area contributed by atoms with Gasteiger partial charge in [0.25, 0.3) is 0 Å². The Morgan fingerprint density at radius 1 is 1.44 bits per heavy atom. The second-order valence-corrected chi connectivity index (χ2v) is 3.93. The summed E-state index contributed by atoms with van der Waals surface area (Å²) in [5, 5.41) is 20.3. The lowest BCUT2D eigenvalue weighted by Gasteiger charge is -1.98. The fraction of sp³-hybridized carbons (Fsp3) is 0.0833. The molecule has 0 amide bonds. The third-order valence-corrected chi connectivity index (χ3v) is 2.76. The molecule has 2 aromatic heterocycles. The molecule has 90 valence electrons. The molecule has 0 unspecified atom stereocenters. The van der Waals surface area contributed by atoms with Crippen LogP contribution < -0.4 is 0 Å². The Hall–Kier alpha value is -2.63. The number of nitrogens with one attached hydrogen (secondary N) is 1. The minimum atomic E-state index is -1.11. The van der Waals surface area contributed by atoms with Gasteiger partial charge in [-0.3, -0.25) is 5.10 Å². The van der Waals surface area contributed by atoms with E-state index >= 15 is 0 Å². The van der Waals surface area contributed by atoms with Crippen LogP contribution in [-0.2, 0) is 0 Å². The van der Waals surface area contributed by atoms with Gasteiger partial charge >= 0.3 is 5.97 Å². The number of hydrogen-bond acceptors (Lipinski definition) is 4. The van der Waals surface area contributed by atoms with Crippen LogP contribution in [0.4, 0.5) is 0 Å². The number of carbonyl (C=O) groups is 1. The maximum absolute atomic E-state index is 10.8. The van der Waals surface area contributed by atoms with Crippen LogP contribution in [0.5, 0.6) is 0 Å². The summed E-state index contributed by atoms with van der Waals surface area (Å²) in [6.45, 7) is 1.90. The minimum Gasteiger partial charge on any atom is -0.476 e. The molecule has 0 spiro atoms. The molecule has 0 aliphatic carbocycles. The Kier molecular flexibility index (Phi) is 2.16. The van der Waals surface area contributed by atoms with Crippen molar-refractivity contribution in [3.63, 3.8) is 0 Å². The number of fused-ring (bicyclic) bond motifs is 1. The van der Waals surface area contributed by atoms with Gasteiger partial charge in [0.2, 0.25) is 0 Å². The van der Waals surface area contributed by atoms with Crippen molar-refractivity contribution >= 4 is 16.9 Å². The number of aromatic carboxylic acids is 1. The van der Waals surface area contributed by atoms with Gasteiger partial charge in [0.05, 0.1) is 5.52 Å². The van der Waals surface area contributed by atoms with Gasteiger partial charge in [-0.1, -0.05) is 17.3 Å². The van der Waals surface area contributed by atoms with Crippen molar-refractivity contribution in [2.75, 3.05) is 0 Å². The highest BCUT2D eigenvalue weighted by molar-refractivity contribution is 5.96. The first-order valence-electron chi connectivity index (χ1n) is 5.31. The van der Waals surface area contributed by atoms with E-state index in [1.165, 1.54) is 6.07 Å². The zero-order valence-corrected chi connectivity index (χ0v) is 9.47. The Morgan fingerprint density at radius 3 is 3.00 bits per heavy atom. The number of aromatic nitrogens is 3. The van der Waals surface area contributed by atoms with Gasteiger partial charge in [-0.25, -0.2) is 4.79 Å². The normalized spacial score (nSPS) is 10.9. The second kappa shape index (κ2) is 3.69. The fourth-order valence-electron chi connectivity index (χ4n) is 1.94. The van der Waals surface area contributed by atoms with Gasteiger partial charge in [0.1, 0.15) is 0 Å². The maximum Gasteiger partial charge on any atom is 0.358 e. The van der Waals surface area contributed by atoms with Crippen molar-refractivity contribution in [1.29, 1.82) is 0 Å². The SMILES string of the molecule is Cc1[nH]nc2cccc(-c3cc(C(=O)O)no3)c12. The van der Waals surface area contributed by atoms with E-state index in [-0.39, 0.29) is 5.69 Å². The lowest BCUT2D eigenvalue weighted by Crippen LogP contribution is -1.94. The molecule has 1 aromatic carbocycles. The number of aryl methyl sites for hydroxylation is 1. The van der Waals surface area contributed by atoms with Crippen molar-refractivity contribution < 1.29 is 14.4 Å². The number of carboxylic acids is 1. The van der Waals surface area contributed by atoms with Crippen LogP contribution in [0.2, 0.25) is 0 Å². The third kappa shape index (κ3) is 1.46. The van der Waals surface area contributed by atoms with Gasteiger partial charge < -0.3 is 9.63 Å². The highest BCUT2D eigenvalue weighted by Crippen LogP contribution is 2.30. The number of H-pyrrole nitrogens is 1.